The number of hydrogen-bond acceptors (Lipinski definition) is 3. The lowest BCUT2D eigenvalue weighted by Crippen LogP contribution is -2.48. The van der Waals surface area contributed by atoms with E-state index in [2.05, 4.69) is 10.7 Å². The molecule has 0 saturated carbocycles. The first-order chi connectivity index (χ1) is 7.27. The van der Waals surface area contributed by atoms with Gasteiger partial charge in [0.2, 0.25) is 0 Å². The molecule has 0 saturated heterocycles. The molecule has 4 heteroatoms. The summed E-state index contributed by atoms with van der Waals surface area (Å²) >= 11 is 0. The number of nitrogens with one attached hydrogen (secondary N) is 2. The predicted octanol–water partition coefficient (Wildman–Crippen LogP) is 0.197. The van der Waals surface area contributed by atoms with E-state index in [1.165, 1.54) is 0 Å². The Morgan fingerprint density at radius 2 is 2.07 bits per heavy atom. The van der Waals surface area contributed by atoms with E-state index in [9.17, 15) is 4.79 Å². The largest absolute Gasteiger partial charge is 0.306 e. The summed E-state index contributed by atoms with van der Waals surface area (Å²) in [6.07, 6.45) is 0.651. The molecule has 0 heterocycles. The lowest BCUT2D eigenvalue weighted by Gasteiger charge is -2.15. The number of benzene rings is 1. The third kappa shape index (κ3) is 3.69. The Bertz CT molecular complexity index is 300. The van der Waals surface area contributed by atoms with Crippen LogP contribution in [0.1, 0.15) is 12.5 Å². The fourth-order valence-corrected chi connectivity index (χ4v) is 1.45. The standard InChI is InChI=1S/C11H17N3O/c1-2-13-10(11(15)14-12)8-9-6-4-3-5-7-9/h3-7,10,13H,2,8,12H2,1H3,(H,14,15). The quantitative estimate of drug-likeness (QED) is 0.367. The summed E-state index contributed by atoms with van der Waals surface area (Å²) < 4.78 is 0. The molecular weight excluding hydrogens is 190 g/mol. The Hall–Kier alpha value is -1.39. The van der Waals surface area contributed by atoms with Crippen molar-refractivity contribution in [3.05, 3.63) is 35.9 Å². The summed E-state index contributed by atoms with van der Waals surface area (Å²) in [6, 6.07) is 9.59. The van der Waals surface area contributed by atoms with Gasteiger partial charge in [-0.1, -0.05) is 37.3 Å². The van der Waals surface area contributed by atoms with Gasteiger partial charge in [0.15, 0.2) is 0 Å². The molecule has 0 aromatic heterocycles. The van der Waals surface area contributed by atoms with Crippen LogP contribution in [-0.2, 0) is 11.2 Å². The monoisotopic (exact) mass is 207 g/mol. The number of nitrogens with two attached hydrogens (primary N) is 1. The van der Waals surface area contributed by atoms with Crippen molar-refractivity contribution in [2.45, 2.75) is 19.4 Å². The number of carbonyl (C=O) groups is 1. The molecule has 0 fully saturated rings. The molecule has 0 aliphatic carbocycles. The second-order valence-corrected chi connectivity index (χ2v) is 3.31. The van der Waals surface area contributed by atoms with Gasteiger partial charge in [-0.15, -0.1) is 0 Å². The van der Waals surface area contributed by atoms with Crippen LogP contribution in [0.15, 0.2) is 30.3 Å². The fourth-order valence-electron chi connectivity index (χ4n) is 1.45. The summed E-state index contributed by atoms with van der Waals surface area (Å²) in [4.78, 5) is 11.4. The van der Waals surface area contributed by atoms with Gasteiger partial charge in [-0.3, -0.25) is 10.2 Å². The summed E-state index contributed by atoms with van der Waals surface area (Å²) in [5, 5.41) is 3.09. The highest BCUT2D eigenvalue weighted by molar-refractivity contribution is 5.81. The van der Waals surface area contributed by atoms with Gasteiger partial charge >= 0.3 is 0 Å². The average molecular weight is 207 g/mol. The topological polar surface area (TPSA) is 67.2 Å². The first kappa shape index (κ1) is 11.7. The lowest BCUT2D eigenvalue weighted by atomic mass is 10.1. The number of rotatable bonds is 5. The molecule has 0 aliphatic rings. The van der Waals surface area contributed by atoms with Gasteiger partial charge in [-0.05, 0) is 18.5 Å². The van der Waals surface area contributed by atoms with Gasteiger partial charge in [-0.2, -0.15) is 0 Å². The molecule has 15 heavy (non-hydrogen) atoms. The van der Waals surface area contributed by atoms with Gasteiger partial charge in [0.05, 0.1) is 6.04 Å². The number of hydrogen-bond donors (Lipinski definition) is 3. The van der Waals surface area contributed by atoms with Crippen LogP contribution in [0.4, 0.5) is 0 Å². The van der Waals surface area contributed by atoms with Crippen LogP contribution in [0.2, 0.25) is 0 Å². The second kappa shape index (κ2) is 6.16. The third-order valence-electron chi connectivity index (χ3n) is 2.19. The number of hydrazine groups is 1. The number of carbonyl (C=O) groups excluding carboxylic acids is 1. The van der Waals surface area contributed by atoms with Gasteiger partial charge in [0.1, 0.15) is 0 Å². The molecule has 4 N–H and O–H groups in total. The zero-order valence-corrected chi connectivity index (χ0v) is 8.86. The second-order valence-electron chi connectivity index (χ2n) is 3.31. The zero-order chi connectivity index (χ0) is 11.1. The summed E-state index contributed by atoms with van der Waals surface area (Å²) in [6.45, 7) is 2.70. The highest BCUT2D eigenvalue weighted by Crippen LogP contribution is 2.02. The molecule has 82 valence electrons. The maximum absolute atomic E-state index is 11.4. The molecule has 1 atom stereocenters. The van der Waals surface area contributed by atoms with Crippen LogP contribution in [-0.4, -0.2) is 18.5 Å². The van der Waals surface area contributed by atoms with Crippen LogP contribution in [0.3, 0.4) is 0 Å². The van der Waals surface area contributed by atoms with E-state index in [-0.39, 0.29) is 11.9 Å². The highest BCUT2D eigenvalue weighted by atomic mass is 16.2. The normalized spacial score (nSPS) is 12.1. The number of amides is 1. The zero-order valence-electron chi connectivity index (χ0n) is 8.86. The Morgan fingerprint density at radius 1 is 1.40 bits per heavy atom. The maximum atomic E-state index is 11.4. The molecule has 4 nitrogen and oxygen atoms in total. The Kier molecular flexibility index (Phi) is 4.80. The van der Waals surface area contributed by atoms with Crippen LogP contribution in [0.5, 0.6) is 0 Å². The van der Waals surface area contributed by atoms with Gasteiger partial charge in [0, 0.05) is 0 Å². The van der Waals surface area contributed by atoms with Crippen molar-refractivity contribution in [3.8, 4) is 0 Å². The Labute approximate surface area is 89.8 Å². The van der Waals surface area contributed by atoms with Crippen molar-refractivity contribution < 1.29 is 4.79 Å². The van der Waals surface area contributed by atoms with E-state index in [4.69, 9.17) is 5.84 Å². The van der Waals surface area contributed by atoms with E-state index in [0.717, 1.165) is 12.1 Å². The van der Waals surface area contributed by atoms with Gasteiger partial charge < -0.3 is 5.32 Å². The number of likely N-dealkylation sites (N-methyl/N-ethyl adjacent to an activating group) is 1. The average Bonchev–Trinajstić information content (AvgIpc) is 2.29. The van der Waals surface area contributed by atoms with E-state index in [1.807, 2.05) is 37.3 Å². The van der Waals surface area contributed by atoms with E-state index in [1.54, 1.807) is 0 Å². The SMILES string of the molecule is CCNC(Cc1ccccc1)C(=O)NN. The molecule has 1 aromatic rings. The van der Waals surface area contributed by atoms with Crippen LogP contribution < -0.4 is 16.6 Å². The van der Waals surface area contributed by atoms with Crippen molar-refractivity contribution in [2.75, 3.05) is 6.54 Å². The molecule has 1 rings (SSSR count). The smallest absolute Gasteiger partial charge is 0.251 e. The minimum atomic E-state index is -0.262. The molecule has 0 spiro atoms. The third-order valence-corrected chi connectivity index (χ3v) is 2.19. The van der Waals surface area contributed by atoms with Crippen molar-refractivity contribution in [1.29, 1.82) is 0 Å². The van der Waals surface area contributed by atoms with Crippen LogP contribution in [0, 0.1) is 0 Å². The molecule has 0 radical (unpaired) electrons. The van der Waals surface area contributed by atoms with Crippen molar-refractivity contribution >= 4 is 5.91 Å². The first-order valence-corrected chi connectivity index (χ1v) is 5.05. The minimum Gasteiger partial charge on any atom is -0.306 e. The first-order valence-electron chi connectivity index (χ1n) is 5.05. The lowest BCUT2D eigenvalue weighted by molar-refractivity contribution is -0.123. The van der Waals surface area contributed by atoms with E-state index < -0.39 is 0 Å². The summed E-state index contributed by atoms with van der Waals surface area (Å²) in [7, 11) is 0. The molecule has 1 unspecified atom stereocenters. The minimum absolute atomic E-state index is 0.180. The van der Waals surface area contributed by atoms with E-state index in [0.29, 0.717) is 6.42 Å². The maximum Gasteiger partial charge on any atom is 0.251 e. The Morgan fingerprint density at radius 3 is 2.60 bits per heavy atom. The summed E-state index contributed by atoms with van der Waals surface area (Å²) in [5.41, 5.74) is 3.29. The molecule has 0 bridgehead atoms. The van der Waals surface area contributed by atoms with Crippen molar-refractivity contribution in [1.82, 2.24) is 10.7 Å². The fraction of sp³-hybridized carbons (Fsp3) is 0.364. The molecule has 1 amide bonds. The van der Waals surface area contributed by atoms with Crippen LogP contribution >= 0.6 is 0 Å². The molecular formula is C11H17N3O. The van der Waals surface area contributed by atoms with Crippen molar-refractivity contribution in [3.63, 3.8) is 0 Å². The molecule has 0 aliphatic heterocycles. The van der Waals surface area contributed by atoms with Crippen LogP contribution in [0.25, 0.3) is 0 Å². The predicted molar refractivity (Wildman–Crippen MR) is 59.9 cm³/mol. The van der Waals surface area contributed by atoms with Gasteiger partial charge in [0.25, 0.3) is 5.91 Å². The van der Waals surface area contributed by atoms with Crippen molar-refractivity contribution in [2.24, 2.45) is 5.84 Å². The van der Waals surface area contributed by atoms with Gasteiger partial charge in [-0.25, -0.2) is 5.84 Å². The molecule has 1 aromatic carbocycles. The Balaban J connectivity index is 2.62. The highest BCUT2D eigenvalue weighted by Gasteiger charge is 2.15. The summed E-state index contributed by atoms with van der Waals surface area (Å²) in [5.74, 6) is 4.94. The van der Waals surface area contributed by atoms with E-state index >= 15 is 0 Å².